The predicted octanol–water partition coefficient (Wildman–Crippen LogP) is 5.07. The number of fused-ring (bicyclic) bond motifs is 1. The molecule has 0 spiro atoms. The third kappa shape index (κ3) is 6.58. The number of nitrogens with zero attached hydrogens (tertiary/aromatic N) is 3. The number of anilines is 1. The van der Waals surface area contributed by atoms with Gasteiger partial charge in [0.1, 0.15) is 11.4 Å². The molecule has 8 nitrogen and oxygen atoms in total. The summed E-state index contributed by atoms with van der Waals surface area (Å²) in [5.74, 6) is 2.03. The third-order valence-corrected chi connectivity index (χ3v) is 8.27. The number of carbonyl (C=O) groups is 2. The summed E-state index contributed by atoms with van der Waals surface area (Å²) >= 11 is 0. The Bertz CT molecular complexity index is 1010. The molecule has 1 aromatic rings. The van der Waals surface area contributed by atoms with Crippen LogP contribution in [0.25, 0.3) is 0 Å². The van der Waals surface area contributed by atoms with E-state index in [0.717, 1.165) is 37.7 Å². The van der Waals surface area contributed by atoms with Crippen molar-refractivity contribution in [2.45, 2.75) is 53.1 Å². The van der Waals surface area contributed by atoms with E-state index in [2.05, 4.69) is 30.1 Å². The molecule has 2 fully saturated rings. The van der Waals surface area contributed by atoms with E-state index < -0.39 is 5.60 Å². The number of hydrogen-bond donors (Lipinski definition) is 1. The summed E-state index contributed by atoms with van der Waals surface area (Å²) in [4.78, 5) is 31.9. The molecular weight excluding hydrogens is 468 g/mol. The molecular formula is C29H44N4O4. The highest BCUT2D eigenvalue weighted by atomic mass is 16.6. The van der Waals surface area contributed by atoms with Crippen molar-refractivity contribution in [3.63, 3.8) is 0 Å². The lowest BCUT2D eigenvalue weighted by molar-refractivity contribution is -0.00981. The first-order valence-electron chi connectivity index (χ1n) is 13.6. The predicted molar refractivity (Wildman–Crippen MR) is 146 cm³/mol. The number of hydrogen-bond acceptors (Lipinski definition) is 5. The fraction of sp³-hybridized carbons (Fsp3) is 0.655. The zero-order valence-electron chi connectivity index (χ0n) is 23.4. The molecule has 0 radical (unpaired) electrons. The Labute approximate surface area is 221 Å². The van der Waals surface area contributed by atoms with E-state index in [0.29, 0.717) is 43.3 Å². The van der Waals surface area contributed by atoms with Gasteiger partial charge in [-0.25, -0.2) is 9.59 Å². The summed E-state index contributed by atoms with van der Waals surface area (Å²) < 4.78 is 10.8. The number of carbonyl (C=O) groups excluding carboxylic acids is 2. The lowest BCUT2D eigenvalue weighted by Gasteiger charge is -2.57. The maximum atomic E-state index is 13.5. The highest BCUT2D eigenvalue weighted by Crippen LogP contribution is 2.59. The average Bonchev–Trinajstić information content (AvgIpc) is 2.85. The highest BCUT2D eigenvalue weighted by Gasteiger charge is 2.51. The lowest BCUT2D eigenvalue weighted by Crippen LogP contribution is -2.53. The van der Waals surface area contributed by atoms with Gasteiger partial charge in [-0.15, -0.1) is 0 Å². The minimum absolute atomic E-state index is 0.0965. The summed E-state index contributed by atoms with van der Waals surface area (Å²) in [6.45, 7) is 15.2. The van der Waals surface area contributed by atoms with Crippen molar-refractivity contribution in [3.8, 4) is 5.75 Å². The van der Waals surface area contributed by atoms with Crippen molar-refractivity contribution >= 4 is 17.8 Å². The van der Waals surface area contributed by atoms with Crippen molar-refractivity contribution in [3.05, 3.63) is 35.9 Å². The molecule has 3 amide bonds. The van der Waals surface area contributed by atoms with Gasteiger partial charge in [0.2, 0.25) is 0 Å². The van der Waals surface area contributed by atoms with E-state index >= 15 is 0 Å². The van der Waals surface area contributed by atoms with Gasteiger partial charge in [0.05, 0.1) is 7.11 Å². The average molecular weight is 513 g/mol. The van der Waals surface area contributed by atoms with Crippen molar-refractivity contribution in [1.82, 2.24) is 14.7 Å². The summed E-state index contributed by atoms with van der Waals surface area (Å²) in [5, 5.41) is 3.08. The molecule has 1 saturated carbocycles. The molecule has 1 saturated heterocycles. The molecule has 37 heavy (non-hydrogen) atoms. The molecule has 0 aromatic heterocycles. The fourth-order valence-electron chi connectivity index (χ4n) is 5.77. The molecule has 1 heterocycles. The van der Waals surface area contributed by atoms with Crippen LogP contribution in [0.1, 0.15) is 47.5 Å². The van der Waals surface area contributed by atoms with Crippen LogP contribution in [0.15, 0.2) is 35.9 Å². The normalized spacial score (nSPS) is 23.0. The van der Waals surface area contributed by atoms with Crippen molar-refractivity contribution in [2.75, 3.05) is 58.2 Å². The fourth-order valence-corrected chi connectivity index (χ4v) is 5.77. The van der Waals surface area contributed by atoms with Gasteiger partial charge >= 0.3 is 12.1 Å². The number of allylic oxidation sites excluding steroid dienone is 1. The van der Waals surface area contributed by atoms with Crippen LogP contribution >= 0.6 is 0 Å². The maximum absolute atomic E-state index is 13.5. The molecule has 4 aliphatic rings. The smallest absolute Gasteiger partial charge is 0.410 e. The van der Waals surface area contributed by atoms with Gasteiger partial charge in [0.25, 0.3) is 0 Å². The second-order valence-corrected chi connectivity index (χ2v) is 12.2. The van der Waals surface area contributed by atoms with Crippen molar-refractivity contribution in [1.29, 1.82) is 0 Å². The Morgan fingerprint density at radius 2 is 1.89 bits per heavy atom. The molecule has 8 heteroatoms. The van der Waals surface area contributed by atoms with Crippen LogP contribution in [0.5, 0.6) is 5.75 Å². The van der Waals surface area contributed by atoms with Crippen LogP contribution in [0.4, 0.5) is 15.3 Å². The molecule has 2 bridgehead atoms. The van der Waals surface area contributed by atoms with E-state index in [-0.39, 0.29) is 12.1 Å². The first-order valence-corrected chi connectivity index (χ1v) is 13.6. The Morgan fingerprint density at radius 3 is 2.51 bits per heavy atom. The standard InChI is InChI=1S/C29H44N4O4/c1-28(2,3)37-27(35)32-15-12-31(13-16-32)14-17-33(20-21-10-11-22-18-25(21)29(22,4)5)26(34)30-23-8-7-9-24(19-23)36-6/h7-10,19,22,25H,11-18,20H2,1-6H3,(H,30,34). The number of methoxy groups -OCH3 is 1. The van der Waals surface area contributed by atoms with Gasteiger partial charge in [0, 0.05) is 57.6 Å². The first-order chi connectivity index (χ1) is 17.5. The van der Waals surface area contributed by atoms with E-state index in [4.69, 9.17) is 9.47 Å². The number of urea groups is 1. The Kier molecular flexibility index (Phi) is 8.07. The van der Waals surface area contributed by atoms with Crippen LogP contribution in [0.2, 0.25) is 0 Å². The number of benzene rings is 1. The van der Waals surface area contributed by atoms with Crippen LogP contribution in [0, 0.1) is 17.3 Å². The molecule has 204 valence electrons. The summed E-state index contributed by atoms with van der Waals surface area (Å²) in [5.41, 5.74) is 1.94. The van der Waals surface area contributed by atoms with Crippen LogP contribution in [-0.4, -0.2) is 85.3 Å². The quantitative estimate of drug-likeness (QED) is 0.516. The highest BCUT2D eigenvalue weighted by molar-refractivity contribution is 5.89. The lowest BCUT2D eigenvalue weighted by atomic mass is 9.49. The number of rotatable bonds is 7. The minimum atomic E-state index is -0.492. The summed E-state index contributed by atoms with van der Waals surface area (Å²) in [7, 11) is 1.62. The summed E-state index contributed by atoms with van der Waals surface area (Å²) in [6, 6.07) is 7.37. The third-order valence-electron chi connectivity index (χ3n) is 8.27. The van der Waals surface area contributed by atoms with E-state index in [1.54, 1.807) is 12.0 Å². The number of ether oxygens (including phenoxy) is 2. The number of nitrogens with one attached hydrogen (secondary N) is 1. The van der Waals surface area contributed by atoms with Crippen molar-refractivity contribution < 1.29 is 19.1 Å². The van der Waals surface area contributed by atoms with E-state index in [1.807, 2.05) is 49.9 Å². The van der Waals surface area contributed by atoms with Crippen LogP contribution < -0.4 is 10.1 Å². The first kappa shape index (κ1) is 27.3. The van der Waals surface area contributed by atoms with Crippen molar-refractivity contribution in [2.24, 2.45) is 17.3 Å². The monoisotopic (exact) mass is 512 g/mol. The van der Waals surface area contributed by atoms with Gasteiger partial charge < -0.3 is 24.6 Å². The van der Waals surface area contributed by atoms with Gasteiger partial charge in [-0.1, -0.05) is 31.6 Å². The molecule has 1 aromatic carbocycles. The Hall–Kier alpha value is -2.74. The zero-order valence-corrected chi connectivity index (χ0v) is 23.4. The SMILES string of the molecule is COc1cccc(NC(=O)N(CCN2CCN(C(=O)OC(C)(C)C)CC2)CC2=CCC3CC2C3(C)C)c1. The second-order valence-electron chi connectivity index (χ2n) is 12.2. The number of piperazine rings is 1. The molecule has 2 unspecified atom stereocenters. The van der Waals surface area contributed by atoms with Crippen LogP contribution in [0.3, 0.4) is 0 Å². The van der Waals surface area contributed by atoms with Gasteiger partial charge in [0.15, 0.2) is 0 Å². The maximum Gasteiger partial charge on any atom is 0.410 e. The minimum Gasteiger partial charge on any atom is -0.497 e. The van der Waals surface area contributed by atoms with E-state index in [9.17, 15) is 9.59 Å². The molecule has 1 aliphatic heterocycles. The topological polar surface area (TPSA) is 74.4 Å². The molecule has 3 aliphatic carbocycles. The van der Waals surface area contributed by atoms with E-state index in [1.165, 1.54) is 12.0 Å². The Balaban J connectivity index is 1.37. The van der Waals surface area contributed by atoms with Gasteiger partial charge in [-0.05, 0) is 63.0 Å². The largest absolute Gasteiger partial charge is 0.497 e. The molecule has 2 atom stereocenters. The molecule has 1 N–H and O–H groups in total. The number of amides is 3. The van der Waals surface area contributed by atoms with Gasteiger partial charge in [-0.2, -0.15) is 0 Å². The zero-order chi connectivity index (χ0) is 26.8. The Morgan fingerprint density at radius 1 is 1.16 bits per heavy atom. The molecule has 5 rings (SSSR count). The van der Waals surface area contributed by atoms with Gasteiger partial charge in [-0.3, -0.25) is 4.90 Å². The summed E-state index contributed by atoms with van der Waals surface area (Å²) in [6.07, 6.45) is 4.46. The van der Waals surface area contributed by atoms with Crippen LogP contribution in [-0.2, 0) is 4.74 Å². The second kappa shape index (κ2) is 10.9.